The van der Waals surface area contributed by atoms with Crippen molar-refractivity contribution in [1.82, 2.24) is 9.97 Å². The monoisotopic (exact) mass is 376 g/mol. The van der Waals surface area contributed by atoms with Crippen LogP contribution in [0.3, 0.4) is 0 Å². The molecule has 27 heavy (non-hydrogen) atoms. The maximum absolute atomic E-state index is 12.3. The zero-order valence-corrected chi connectivity index (χ0v) is 14.2. The third kappa shape index (κ3) is 4.35. The molecule has 2 aromatic heterocycles. The van der Waals surface area contributed by atoms with Gasteiger partial charge in [-0.05, 0) is 37.3 Å². The largest absolute Gasteiger partial charge is 0.573 e. The number of aliphatic hydroxyl groups is 1. The minimum atomic E-state index is -4.74. The van der Waals surface area contributed by atoms with Crippen molar-refractivity contribution in [2.24, 2.45) is 0 Å². The lowest BCUT2D eigenvalue weighted by Crippen LogP contribution is -2.16. The normalized spacial score (nSPS) is 11.4. The summed E-state index contributed by atoms with van der Waals surface area (Å²) in [5.74, 6) is -0.318. The minimum absolute atomic E-state index is 0.237. The summed E-state index contributed by atoms with van der Waals surface area (Å²) in [6.07, 6.45) is -3.26. The Labute approximate surface area is 152 Å². The number of nitrogens with zero attached hydrogens (tertiary/aromatic N) is 1. The smallest absolute Gasteiger partial charge is 0.406 e. The van der Waals surface area contributed by atoms with E-state index in [4.69, 9.17) is 0 Å². The molecule has 2 N–H and O–H groups in total. The fourth-order valence-corrected chi connectivity index (χ4v) is 2.73. The Kier molecular flexibility index (Phi) is 5.00. The maximum Gasteiger partial charge on any atom is 0.573 e. The molecule has 3 rings (SSSR count). The molecule has 0 aliphatic heterocycles. The van der Waals surface area contributed by atoms with E-state index in [1.54, 1.807) is 19.1 Å². The summed E-state index contributed by atoms with van der Waals surface area (Å²) >= 11 is 0. The number of benzene rings is 1. The number of ether oxygens (including phenoxy) is 1. The number of pyridine rings is 2. The minimum Gasteiger partial charge on any atom is -0.406 e. The fraction of sp³-hybridized carbons (Fsp3) is 0.158. The lowest BCUT2D eigenvalue weighted by atomic mass is 10.0. The lowest BCUT2D eigenvalue weighted by Gasteiger charge is -2.10. The van der Waals surface area contributed by atoms with Crippen LogP contribution in [0.15, 0.2) is 53.5 Å². The molecule has 0 bridgehead atoms. The van der Waals surface area contributed by atoms with Gasteiger partial charge in [-0.15, -0.1) is 13.2 Å². The van der Waals surface area contributed by atoms with Gasteiger partial charge in [0.05, 0.1) is 23.6 Å². The molecular formula is C19H15F3N2O3. The number of aliphatic hydroxyl groups excluding tert-OH is 1. The van der Waals surface area contributed by atoms with Crippen LogP contribution in [0.25, 0.3) is 22.4 Å². The number of aryl methyl sites for hydroxylation is 1. The highest BCUT2D eigenvalue weighted by atomic mass is 19.4. The van der Waals surface area contributed by atoms with Gasteiger partial charge in [-0.25, -0.2) is 0 Å². The van der Waals surface area contributed by atoms with E-state index in [9.17, 15) is 23.1 Å². The number of halogens is 3. The highest BCUT2D eigenvalue weighted by Crippen LogP contribution is 2.27. The molecule has 0 unspecified atom stereocenters. The summed E-state index contributed by atoms with van der Waals surface area (Å²) in [6, 6.07) is 10.1. The molecule has 0 fully saturated rings. The first-order valence-corrected chi connectivity index (χ1v) is 7.93. The van der Waals surface area contributed by atoms with Gasteiger partial charge in [0.15, 0.2) is 5.43 Å². The summed E-state index contributed by atoms with van der Waals surface area (Å²) in [7, 11) is 0. The zero-order valence-electron chi connectivity index (χ0n) is 14.2. The van der Waals surface area contributed by atoms with Gasteiger partial charge in [-0.3, -0.25) is 9.78 Å². The summed E-state index contributed by atoms with van der Waals surface area (Å²) in [6.45, 7) is 1.40. The van der Waals surface area contributed by atoms with E-state index in [0.29, 0.717) is 33.8 Å². The second-order valence-corrected chi connectivity index (χ2v) is 5.83. The van der Waals surface area contributed by atoms with Crippen molar-refractivity contribution in [2.45, 2.75) is 19.9 Å². The van der Waals surface area contributed by atoms with Crippen LogP contribution in [0, 0.1) is 6.92 Å². The first-order chi connectivity index (χ1) is 12.8. The zero-order chi connectivity index (χ0) is 19.6. The van der Waals surface area contributed by atoms with Crippen molar-refractivity contribution in [2.75, 3.05) is 0 Å². The molecule has 0 saturated heterocycles. The van der Waals surface area contributed by atoms with Crippen molar-refractivity contribution >= 4 is 0 Å². The molecule has 0 saturated carbocycles. The third-order valence-electron chi connectivity index (χ3n) is 3.84. The van der Waals surface area contributed by atoms with Gasteiger partial charge < -0.3 is 14.8 Å². The quantitative estimate of drug-likeness (QED) is 0.726. The summed E-state index contributed by atoms with van der Waals surface area (Å²) in [5.41, 5.74) is 2.76. The van der Waals surface area contributed by atoms with E-state index < -0.39 is 6.36 Å². The standard InChI is InChI=1S/C19H15F3N2O3/c1-11-8-17(26)18(16(10-25)24-11)13-4-7-15(23-9-13)12-2-5-14(6-3-12)27-19(20,21)22/h2-9,25H,10H2,1H3,(H,24,26). The van der Waals surface area contributed by atoms with Gasteiger partial charge in [0, 0.05) is 29.1 Å². The molecule has 0 radical (unpaired) electrons. The van der Waals surface area contributed by atoms with E-state index in [2.05, 4.69) is 14.7 Å². The first-order valence-electron chi connectivity index (χ1n) is 7.93. The maximum atomic E-state index is 12.3. The van der Waals surface area contributed by atoms with E-state index in [0.717, 1.165) is 0 Å². The molecular weight excluding hydrogens is 361 g/mol. The van der Waals surface area contributed by atoms with Crippen molar-refractivity contribution in [1.29, 1.82) is 0 Å². The average Bonchev–Trinajstić information content (AvgIpc) is 2.60. The Morgan fingerprint density at radius 1 is 1.11 bits per heavy atom. The van der Waals surface area contributed by atoms with Crippen molar-refractivity contribution in [3.05, 3.63) is 70.3 Å². The molecule has 0 amide bonds. The van der Waals surface area contributed by atoms with Gasteiger partial charge >= 0.3 is 6.36 Å². The summed E-state index contributed by atoms with van der Waals surface area (Å²) < 4.78 is 40.5. The Morgan fingerprint density at radius 2 is 1.78 bits per heavy atom. The van der Waals surface area contributed by atoms with E-state index in [1.807, 2.05) is 0 Å². The number of aromatic nitrogens is 2. The number of hydrogen-bond acceptors (Lipinski definition) is 4. The Hall–Kier alpha value is -3.13. The molecule has 8 heteroatoms. The highest BCUT2D eigenvalue weighted by molar-refractivity contribution is 5.68. The molecule has 0 atom stereocenters. The van der Waals surface area contributed by atoms with Crippen LogP contribution >= 0.6 is 0 Å². The molecule has 0 spiro atoms. The Balaban J connectivity index is 1.89. The number of H-pyrrole nitrogens is 1. The van der Waals surface area contributed by atoms with Crippen molar-refractivity contribution in [3.63, 3.8) is 0 Å². The van der Waals surface area contributed by atoms with Crippen LogP contribution in [-0.4, -0.2) is 21.4 Å². The SMILES string of the molecule is Cc1cc(=O)c(-c2ccc(-c3ccc(OC(F)(F)F)cc3)nc2)c(CO)[nH]1. The number of rotatable bonds is 4. The van der Waals surface area contributed by atoms with Crippen LogP contribution in [0.5, 0.6) is 5.75 Å². The molecule has 0 aliphatic carbocycles. The molecule has 1 aromatic carbocycles. The Morgan fingerprint density at radius 3 is 2.33 bits per heavy atom. The molecule has 0 aliphatic rings. The van der Waals surface area contributed by atoms with E-state index in [1.165, 1.54) is 36.5 Å². The van der Waals surface area contributed by atoms with Crippen LogP contribution in [0.1, 0.15) is 11.4 Å². The van der Waals surface area contributed by atoms with Gasteiger partial charge in [0.2, 0.25) is 0 Å². The molecule has 2 heterocycles. The predicted octanol–water partition coefficient (Wildman–Crippen LogP) is 3.80. The van der Waals surface area contributed by atoms with Gasteiger partial charge in [0.1, 0.15) is 5.75 Å². The number of nitrogens with one attached hydrogen (secondary N) is 1. The topological polar surface area (TPSA) is 75.2 Å². The second kappa shape index (κ2) is 7.24. The molecule has 140 valence electrons. The van der Waals surface area contributed by atoms with E-state index in [-0.39, 0.29) is 17.8 Å². The summed E-state index contributed by atoms with van der Waals surface area (Å²) in [4.78, 5) is 19.5. The number of aromatic amines is 1. The molecule has 5 nitrogen and oxygen atoms in total. The second-order valence-electron chi connectivity index (χ2n) is 5.83. The highest BCUT2D eigenvalue weighted by Gasteiger charge is 2.30. The van der Waals surface area contributed by atoms with Crippen LogP contribution in [0.2, 0.25) is 0 Å². The summed E-state index contributed by atoms with van der Waals surface area (Å²) in [5, 5.41) is 9.49. The van der Waals surface area contributed by atoms with Gasteiger partial charge in [-0.2, -0.15) is 0 Å². The van der Waals surface area contributed by atoms with Crippen LogP contribution in [-0.2, 0) is 6.61 Å². The van der Waals surface area contributed by atoms with Gasteiger partial charge in [0.25, 0.3) is 0 Å². The van der Waals surface area contributed by atoms with Crippen molar-refractivity contribution in [3.8, 4) is 28.1 Å². The average molecular weight is 376 g/mol. The Bertz CT molecular complexity index is 995. The van der Waals surface area contributed by atoms with Gasteiger partial charge in [-0.1, -0.05) is 6.07 Å². The first kappa shape index (κ1) is 18.7. The lowest BCUT2D eigenvalue weighted by molar-refractivity contribution is -0.274. The fourth-order valence-electron chi connectivity index (χ4n) is 2.73. The predicted molar refractivity (Wildman–Crippen MR) is 93.1 cm³/mol. The van der Waals surface area contributed by atoms with Crippen LogP contribution < -0.4 is 10.2 Å². The molecule has 3 aromatic rings. The number of alkyl halides is 3. The van der Waals surface area contributed by atoms with E-state index >= 15 is 0 Å². The third-order valence-corrected chi connectivity index (χ3v) is 3.84. The number of hydrogen-bond donors (Lipinski definition) is 2. The van der Waals surface area contributed by atoms with Crippen molar-refractivity contribution < 1.29 is 23.0 Å². The van der Waals surface area contributed by atoms with Crippen LogP contribution in [0.4, 0.5) is 13.2 Å².